The van der Waals surface area contributed by atoms with Crippen molar-refractivity contribution in [3.8, 4) is 0 Å². The molecule has 0 aliphatic rings. The molecule has 96 valence electrons. The van der Waals surface area contributed by atoms with Gasteiger partial charge in [-0.3, -0.25) is 0 Å². The van der Waals surface area contributed by atoms with Crippen molar-refractivity contribution in [3.63, 3.8) is 0 Å². The Morgan fingerprint density at radius 1 is 1.24 bits per heavy atom. The molecular formula is C10H13Cl2NO3S. The van der Waals surface area contributed by atoms with Gasteiger partial charge in [0.25, 0.3) is 0 Å². The molecule has 0 saturated heterocycles. The van der Waals surface area contributed by atoms with E-state index < -0.39 is 15.7 Å². The molecule has 0 saturated carbocycles. The summed E-state index contributed by atoms with van der Waals surface area (Å²) in [5.74, 6) is 0. The molecule has 1 aromatic carbocycles. The summed E-state index contributed by atoms with van der Waals surface area (Å²) in [6, 6.07) is 4.35. The smallest absolute Gasteiger partial charge is 0.234 e. The van der Waals surface area contributed by atoms with Gasteiger partial charge in [0.15, 0.2) is 0 Å². The van der Waals surface area contributed by atoms with E-state index in [4.69, 9.17) is 23.2 Å². The zero-order chi connectivity index (χ0) is 13.4. The molecule has 1 aromatic rings. The second-order valence-electron chi connectivity index (χ2n) is 4.12. The first-order chi connectivity index (χ1) is 7.53. The Morgan fingerprint density at radius 2 is 1.76 bits per heavy atom. The van der Waals surface area contributed by atoms with Crippen LogP contribution >= 0.6 is 23.2 Å². The number of anilines is 1. The first-order valence-corrected chi connectivity index (χ1v) is 7.32. The summed E-state index contributed by atoms with van der Waals surface area (Å²) in [7, 11) is -3.62. The van der Waals surface area contributed by atoms with Gasteiger partial charge in [-0.2, -0.15) is 0 Å². The van der Waals surface area contributed by atoms with Gasteiger partial charge in [-0.1, -0.05) is 23.2 Å². The van der Waals surface area contributed by atoms with Crippen LogP contribution in [0.2, 0.25) is 10.0 Å². The molecule has 1 N–H and O–H groups in total. The van der Waals surface area contributed by atoms with Crippen LogP contribution in [0.25, 0.3) is 0 Å². The van der Waals surface area contributed by atoms with E-state index in [0.29, 0.717) is 5.02 Å². The molecule has 4 nitrogen and oxygen atoms in total. The maximum Gasteiger partial charge on any atom is 0.234 e. The fourth-order valence-electron chi connectivity index (χ4n) is 1.52. The SMILES string of the molecule is CC(C)(O)N(c1ccc(Cl)c(Cl)c1)S(C)(=O)=O. The number of hydrogen-bond acceptors (Lipinski definition) is 3. The summed E-state index contributed by atoms with van der Waals surface area (Å²) in [5, 5.41) is 10.4. The van der Waals surface area contributed by atoms with Crippen LogP contribution in [0.3, 0.4) is 0 Å². The van der Waals surface area contributed by atoms with Crippen molar-refractivity contribution in [3.05, 3.63) is 28.2 Å². The van der Waals surface area contributed by atoms with E-state index in [0.717, 1.165) is 10.6 Å². The second kappa shape index (κ2) is 4.65. The fraction of sp³-hybridized carbons (Fsp3) is 0.400. The van der Waals surface area contributed by atoms with E-state index in [1.807, 2.05) is 0 Å². The minimum Gasteiger partial charge on any atom is -0.370 e. The summed E-state index contributed by atoms with van der Waals surface area (Å²) < 4.78 is 24.2. The van der Waals surface area contributed by atoms with E-state index in [1.54, 1.807) is 0 Å². The van der Waals surface area contributed by atoms with Crippen LogP contribution in [0.15, 0.2) is 18.2 Å². The molecule has 0 aromatic heterocycles. The third-order valence-corrected chi connectivity index (χ3v) is 4.03. The minimum absolute atomic E-state index is 0.224. The molecule has 0 amide bonds. The molecule has 0 unspecified atom stereocenters. The summed E-state index contributed by atoms with van der Waals surface area (Å²) >= 11 is 11.6. The lowest BCUT2D eigenvalue weighted by Crippen LogP contribution is -2.47. The molecule has 0 atom stereocenters. The Balaban J connectivity index is 3.39. The Kier molecular flexibility index (Phi) is 3.98. The second-order valence-corrected chi connectivity index (χ2v) is 6.77. The number of sulfonamides is 1. The van der Waals surface area contributed by atoms with Crippen molar-refractivity contribution in [2.24, 2.45) is 0 Å². The van der Waals surface area contributed by atoms with Crippen LogP contribution < -0.4 is 4.31 Å². The Bertz CT molecular complexity index is 523. The average molecular weight is 298 g/mol. The maximum absolute atomic E-state index is 11.7. The van der Waals surface area contributed by atoms with Crippen molar-refractivity contribution in [1.82, 2.24) is 0 Å². The molecule has 0 spiro atoms. The molecule has 0 aliphatic carbocycles. The van der Waals surface area contributed by atoms with E-state index >= 15 is 0 Å². The van der Waals surface area contributed by atoms with E-state index in [9.17, 15) is 13.5 Å². The van der Waals surface area contributed by atoms with Crippen LogP contribution in [-0.2, 0) is 10.0 Å². The van der Waals surface area contributed by atoms with Crippen molar-refractivity contribution >= 4 is 38.9 Å². The molecule has 17 heavy (non-hydrogen) atoms. The lowest BCUT2D eigenvalue weighted by Gasteiger charge is -2.33. The lowest BCUT2D eigenvalue weighted by molar-refractivity contribution is 0.0936. The van der Waals surface area contributed by atoms with Gasteiger partial charge in [0, 0.05) is 0 Å². The highest BCUT2D eigenvalue weighted by Gasteiger charge is 2.32. The molecule has 0 aliphatic heterocycles. The molecule has 0 radical (unpaired) electrons. The lowest BCUT2D eigenvalue weighted by atomic mass is 10.2. The van der Waals surface area contributed by atoms with Gasteiger partial charge in [0.1, 0.15) is 5.72 Å². The van der Waals surface area contributed by atoms with Gasteiger partial charge in [0.05, 0.1) is 22.0 Å². The highest BCUT2D eigenvalue weighted by Crippen LogP contribution is 2.31. The van der Waals surface area contributed by atoms with Gasteiger partial charge >= 0.3 is 0 Å². The highest BCUT2D eigenvalue weighted by molar-refractivity contribution is 7.92. The van der Waals surface area contributed by atoms with E-state index in [1.165, 1.54) is 32.0 Å². The number of benzene rings is 1. The Labute approximate surface area is 111 Å². The zero-order valence-corrected chi connectivity index (χ0v) is 11.9. The third-order valence-electron chi connectivity index (χ3n) is 1.97. The highest BCUT2D eigenvalue weighted by atomic mass is 35.5. The van der Waals surface area contributed by atoms with Gasteiger partial charge in [-0.05, 0) is 32.0 Å². The standard InChI is InChI=1S/C10H13Cl2NO3S/c1-10(2,14)13(17(3,15)16)7-4-5-8(11)9(12)6-7/h4-6,14H,1-3H3. The van der Waals surface area contributed by atoms with Gasteiger partial charge < -0.3 is 5.11 Å². The number of halogens is 2. The number of rotatable bonds is 3. The molecule has 7 heteroatoms. The molecule has 0 bridgehead atoms. The van der Waals surface area contributed by atoms with Crippen molar-refractivity contribution in [2.75, 3.05) is 10.6 Å². The van der Waals surface area contributed by atoms with Crippen molar-refractivity contribution in [2.45, 2.75) is 19.6 Å². The Morgan fingerprint density at radius 3 is 2.12 bits per heavy atom. The number of nitrogens with zero attached hydrogens (tertiary/aromatic N) is 1. The largest absolute Gasteiger partial charge is 0.370 e. The number of hydrogen-bond donors (Lipinski definition) is 1. The quantitative estimate of drug-likeness (QED) is 0.872. The van der Waals surface area contributed by atoms with Crippen LogP contribution in [-0.4, -0.2) is 25.5 Å². The number of aliphatic hydroxyl groups is 1. The van der Waals surface area contributed by atoms with Crippen LogP contribution in [0.5, 0.6) is 0 Å². The van der Waals surface area contributed by atoms with Crippen molar-refractivity contribution < 1.29 is 13.5 Å². The van der Waals surface area contributed by atoms with Gasteiger partial charge in [-0.15, -0.1) is 0 Å². The van der Waals surface area contributed by atoms with Crippen LogP contribution in [0, 0.1) is 0 Å². The summed E-state index contributed by atoms with van der Waals surface area (Å²) in [5.41, 5.74) is -1.31. The minimum atomic E-state index is -3.62. The topological polar surface area (TPSA) is 57.6 Å². The van der Waals surface area contributed by atoms with Crippen LogP contribution in [0.4, 0.5) is 5.69 Å². The molecule has 1 rings (SSSR count). The summed E-state index contributed by atoms with van der Waals surface area (Å²) in [6.07, 6.45) is 1.01. The maximum atomic E-state index is 11.7. The zero-order valence-electron chi connectivity index (χ0n) is 9.61. The van der Waals surface area contributed by atoms with Gasteiger partial charge in [-0.25, -0.2) is 12.7 Å². The predicted octanol–water partition coefficient (Wildman–Crippen LogP) is 2.49. The summed E-state index contributed by atoms with van der Waals surface area (Å²) in [6.45, 7) is 2.74. The Hall–Kier alpha value is -0.490. The van der Waals surface area contributed by atoms with Crippen LogP contribution in [0.1, 0.15) is 13.8 Å². The van der Waals surface area contributed by atoms with Crippen molar-refractivity contribution in [1.29, 1.82) is 0 Å². The predicted molar refractivity (Wildman–Crippen MR) is 70.1 cm³/mol. The normalized spacial score (nSPS) is 12.6. The van der Waals surface area contributed by atoms with E-state index in [-0.39, 0.29) is 10.7 Å². The molecule has 0 fully saturated rings. The van der Waals surface area contributed by atoms with E-state index in [2.05, 4.69) is 0 Å². The molecule has 0 heterocycles. The monoisotopic (exact) mass is 297 g/mol. The molecular weight excluding hydrogens is 285 g/mol. The fourth-order valence-corrected chi connectivity index (χ4v) is 3.13. The first-order valence-electron chi connectivity index (χ1n) is 4.71. The third kappa shape index (κ3) is 3.48. The summed E-state index contributed by atoms with van der Waals surface area (Å²) in [4.78, 5) is 0. The van der Waals surface area contributed by atoms with Gasteiger partial charge in [0.2, 0.25) is 10.0 Å². The average Bonchev–Trinajstić information content (AvgIpc) is 2.06. The first kappa shape index (κ1) is 14.6.